The number of aryl methyl sites for hydroxylation is 1. The maximum atomic E-state index is 11.0. The van der Waals surface area contributed by atoms with Crippen molar-refractivity contribution in [2.45, 2.75) is 51.2 Å². The highest BCUT2D eigenvalue weighted by atomic mass is 16.5. The van der Waals surface area contributed by atoms with Gasteiger partial charge in [-0.15, -0.1) is 0 Å². The normalized spacial score (nSPS) is 19.4. The first-order valence-corrected chi connectivity index (χ1v) is 7.43. The Morgan fingerprint density at radius 3 is 2.30 bits per heavy atom. The zero-order valence-corrected chi connectivity index (χ0v) is 13.4. The largest absolute Gasteiger partial charge is 0.496 e. The van der Waals surface area contributed by atoms with Gasteiger partial charge in [-0.05, 0) is 51.9 Å². The third-order valence-electron chi connectivity index (χ3n) is 5.07. The fraction of sp³-hybridized carbons (Fsp3) is 0.647. The standard InChI is InChI=1S/C17H27NO2/c1-12-8-9-14(15(20-5)13(12)2)16(19)17(18(3)4)10-6-7-11-17/h8-9,16,19H,6-7,10-11H2,1-5H3. The van der Waals surface area contributed by atoms with E-state index in [9.17, 15) is 5.11 Å². The molecular formula is C17H27NO2. The van der Waals surface area contributed by atoms with Gasteiger partial charge in [0.2, 0.25) is 0 Å². The van der Waals surface area contributed by atoms with Gasteiger partial charge in [0.15, 0.2) is 0 Å². The van der Waals surface area contributed by atoms with E-state index in [0.29, 0.717) is 0 Å². The Labute approximate surface area is 122 Å². The molecule has 1 N–H and O–H groups in total. The maximum absolute atomic E-state index is 11.0. The summed E-state index contributed by atoms with van der Waals surface area (Å²) in [5.74, 6) is 0.839. The van der Waals surface area contributed by atoms with Crippen LogP contribution in [0.1, 0.15) is 48.5 Å². The van der Waals surface area contributed by atoms with Gasteiger partial charge in [-0.25, -0.2) is 0 Å². The summed E-state index contributed by atoms with van der Waals surface area (Å²) in [7, 11) is 5.83. The third-order valence-corrected chi connectivity index (χ3v) is 5.07. The SMILES string of the molecule is COc1c(C(O)C2(N(C)C)CCCC2)ccc(C)c1C. The lowest BCUT2D eigenvalue weighted by molar-refractivity contribution is -0.00603. The summed E-state index contributed by atoms with van der Waals surface area (Å²) in [6.07, 6.45) is 3.94. The second-order valence-corrected chi connectivity index (χ2v) is 6.24. The Balaban J connectivity index is 2.47. The predicted molar refractivity (Wildman–Crippen MR) is 82.3 cm³/mol. The van der Waals surface area contributed by atoms with Crippen molar-refractivity contribution in [2.24, 2.45) is 0 Å². The molecule has 0 saturated heterocycles. The molecule has 112 valence electrons. The van der Waals surface area contributed by atoms with E-state index in [4.69, 9.17) is 4.74 Å². The summed E-state index contributed by atoms with van der Waals surface area (Å²) in [5, 5.41) is 11.0. The van der Waals surface area contributed by atoms with Crippen molar-refractivity contribution in [3.05, 3.63) is 28.8 Å². The molecule has 1 fully saturated rings. The van der Waals surface area contributed by atoms with Crippen molar-refractivity contribution < 1.29 is 9.84 Å². The van der Waals surface area contributed by atoms with Gasteiger partial charge in [0.1, 0.15) is 11.9 Å². The summed E-state index contributed by atoms with van der Waals surface area (Å²) in [6.45, 7) is 4.13. The van der Waals surface area contributed by atoms with Crippen LogP contribution in [0.5, 0.6) is 5.75 Å². The second kappa shape index (κ2) is 5.74. The quantitative estimate of drug-likeness (QED) is 0.917. The van der Waals surface area contributed by atoms with E-state index in [1.807, 2.05) is 6.07 Å². The molecule has 1 aromatic rings. The summed E-state index contributed by atoms with van der Waals surface area (Å²) in [6, 6.07) is 4.10. The Bertz CT molecular complexity index is 476. The summed E-state index contributed by atoms with van der Waals surface area (Å²) >= 11 is 0. The Morgan fingerprint density at radius 1 is 1.20 bits per heavy atom. The number of hydrogen-bond acceptors (Lipinski definition) is 3. The fourth-order valence-electron chi connectivity index (χ4n) is 3.54. The first-order chi connectivity index (χ1) is 9.44. The number of ether oxygens (including phenoxy) is 1. The molecular weight excluding hydrogens is 250 g/mol. The highest BCUT2D eigenvalue weighted by Crippen LogP contribution is 2.46. The molecule has 1 atom stereocenters. The number of likely N-dealkylation sites (N-methyl/N-ethyl adjacent to an activating group) is 1. The van der Waals surface area contributed by atoms with Crippen molar-refractivity contribution in [2.75, 3.05) is 21.2 Å². The minimum Gasteiger partial charge on any atom is -0.496 e. The van der Waals surface area contributed by atoms with E-state index >= 15 is 0 Å². The van der Waals surface area contributed by atoms with Crippen LogP contribution >= 0.6 is 0 Å². The predicted octanol–water partition coefficient (Wildman–Crippen LogP) is 3.22. The number of methoxy groups -OCH3 is 1. The minimum absolute atomic E-state index is 0.158. The zero-order valence-electron chi connectivity index (χ0n) is 13.4. The Morgan fingerprint density at radius 2 is 1.80 bits per heavy atom. The van der Waals surface area contributed by atoms with E-state index in [1.54, 1.807) is 7.11 Å². The molecule has 1 unspecified atom stereocenters. The molecule has 3 nitrogen and oxygen atoms in total. The first-order valence-electron chi connectivity index (χ1n) is 7.43. The highest BCUT2D eigenvalue weighted by molar-refractivity contribution is 5.47. The molecule has 0 bridgehead atoms. The molecule has 0 heterocycles. The first kappa shape index (κ1) is 15.3. The Hall–Kier alpha value is -1.06. The number of nitrogens with zero attached hydrogens (tertiary/aromatic N) is 1. The van der Waals surface area contributed by atoms with Crippen molar-refractivity contribution in [3.63, 3.8) is 0 Å². The van der Waals surface area contributed by atoms with Crippen LogP contribution in [0.2, 0.25) is 0 Å². The number of aliphatic hydroxyl groups excluding tert-OH is 1. The van der Waals surface area contributed by atoms with Crippen LogP contribution in [0.25, 0.3) is 0 Å². The van der Waals surface area contributed by atoms with Gasteiger partial charge in [-0.1, -0.05) is 25.0 Å². The average Bonchev–Trinajstić information content (AvgIpc) is 2.91. The van der Waals surface area contributed by atoms with Crippen LogP contribution < -0.4 is 4.74 Å². The average molecular weight is 277 g/mol. The zero-order chi connectivity index (χ0) is 14.9. The van der Waals surface area contributed by atoms with Gasteiger partial charge < -0.3 is 14.7 Å². The molecule has 0 amide bonds. The van der Waals surface area contributed by atoms with Gasteiger partial charge in [0.05, 0.1) is 12.6 Å². The number of benzene rings is 1. The summed E-state index contributed by atoms with van der Waals surface area (Å²) in [4.78, 5) is 2.19. The van der Waals surface area contributed by atoms with Gasteiger partial charge >= 0.3 is 0 Å². The van der Waals surface area contributed by atoms with Crippen LogP contribution in [0, 0.1) is 13.8 Å². The second-order valence-electron chi connectivity index (χ2n) is 6.24. The van der Waals surface area contributed by atoms with Gasteiger partial charge in [-0.3, -0.25) is 0 Å². The van der Waals surface area contributed by atoms with E-state index in [-0.39, 0.29) is 5.54 Å². The van der Waals surface area contributed by atoms with Gasteiger partial charge in [0.25, 0.3) is 0 Å². The molecule has 0 aromatic heterocycles. The van der Waals surface area contributed by atoms with Gasteiger partial charge in [0, 0.05) is 5.56 Å². The minimum atomic E-state index is -0.505. The van der Waals surface area contributed by atoms with Crippen LogP contribution in [-0.2, 0) is 0 Å². The van der Waals surface area contributed by atoms with Crippen molar-refractivity contribution >= 4 is 0 Å². The summed E-state index contributed by atoms with van der Waals surface area (Å²) in [5.41, 5.74) is 3.08. The van der Waals surface area contributed by atoms with Crippen LogP contribution in [0.3, 0.4) is 0 Å². The third kappa shape index (κ3) is 2.33. The van der Waals surface area contributed by atoms with Crippen LogP contribution in [-0.4, -0.2) is 36.8 Å². The van der Waals surface area contributed by atoms with Crippen molar-refractivity contribution in [1.82, 2.24) is 4.90 Å². The molecule has 0 spiro atoms. The number of hydrogen-bond donors (Lipinski definition) is 1. The van der Waals surface area contributed by atoms with E-state index < -0.39 is 6.10 Å². The molecule has 1 aliphatic rings. The highest BCUT2D eigenvalue weighted by Gasteiger charge is 2.44. The molecule has 0 aliphatic heterocycles. The van der Waals surface area contributed by atoms with E-state index in [1.165, 1.54) is 18.4 Å². The van der Waals surface area contributed by atoms with Crippen molar-refractivity contribution in [3.8, 4) is 5.75 Å². The van der Waals surface area contributed by atoms with E-state index in [2.05, 4.69) is 38.9 Å². The lowest BCUT2D eigenvalue weighted by Gasteiger charge is -2.41. The lowest BCUT2D eigenvalue weighted by Crippen LogP contribution is -2.47. The lowest BCUT2D eigenvalue weighted by atomic mass is 9.83. The topological polar surface area (TPSA) is 32.7 Å². The Kier molecular flexibility index (Phi) is 4.40. The van der Waals surface area contributed by atoms with E-state index in [0.717, 1.165) is 29.7 Å². The monoisotopic (exact) mass is 277 g/mol. The molecule has 3 heteroatoms. The number of aliphatic hydroxyl groups is 1. The molecule has 2 rings (SSSR count). The van der Waals surface area contributed by atoms with Crippen molar-refractivity contribution in [1.29, 1.82) is 0 Å². The number of rotatable bonds is 4. The molecule has 20 heavy (non-hydrogen) atoms. The molecule has 1 aliphatic carbocycles. The van der Waals surface area contributed by atoms with Gasteiger partial charge in [-0.2, -0.15) is 0 Å². The molecule has 0 radical (unpaired) electrons. The smallest absolute Gasteiger partial charge is 0.127 e. The summed E-state index contributed by atoms with van der Waals surface area (Å²) < 4.78 is 5.58. The van der Waals surface area contributed by atoms with Crippen LogP contribution in [0.4, 0.5) is 0 Å². The van der Waals surface area contributed by atoms with Crippen LogP contribution in [0.15, 0.2) is 12.1 Å². The fourth-order valence-corrected chi connectivity index (χ4v) is 3.54. The maximum Gasteiger partial charge on any atom is 0.127 e. The molecule has 1 saturated carbocycles. The molecule has 1 aromatic carbocycles.